The summed E-state index contributed by atoms with van der Waals surface area (Å²) in [5, 5.41) is 10.8. The fourth-order valence-corrected chi connectivity index (χ4v) is 1.87. The molecule has 1 N–H and O–H groups in total. The van der Waals surface area contributed by atoms with Crippen LogP contribution in [0.1, 0.15) is 18.2 Å². The highest BCUT2D eigenvalue weighted by Crippen LogP contribution is 2.33. The van der Waals surface area contributed by atoms with Crippen LogP contribution in [0, 0.1) is 0 Å². The summed E-state index contributed by atoms with van der Waals surface area (Å²) in [6, 6.07) is 7.18. The SMILES string of the molecule is COc1cccc(C(C)(O)c2nccnc2OC)c1. The Morgan fingerprint density at radius 2 is 1.84 bits per heavy atom. The van der Waals surface area contributed by atoms with E-state index in [1.165, 1.54) is 19.5 Å². The molecule has 19 heavy (non-hydrogen) atoms. The average molecular weight is 260 g/mol. The number of hydrogen-bond donors (Lipinski definition) is 1. The molecule has 2 aromatic rings. The zero-order valence-electron chi connectivity index (χ0n) is 11.1. The predicted octanol–water partition coefficient (Wildman–Crippen LogP) is 1.75. The van der Waals surface area contributed by atoms with Crippen LogP contribution >= 0.6 is 0 Å². The Balaban J connectivity index is 2.51. The van der Waals surface area contributed by atoms with E-state index in [-0.39, 0.29) is 0 Å². The molecule has 100 valence electrons. The van der Waals surface area contributed by atoms with Crippen LogP contribution < -0.4 is 9.47 Å². The van der Waals surface area contributed by atoms with Crippen molar-refractivity contribution in [2.45, 2.75) is 12.5 Å². The molecule has 0 aliphatic rings. The second-order valence-corrected chi connectivity index (χ2v) is 4.22. The van der Waals surface area contributed by atoms with Gasteiger partial charge in [0.15, 0.2) is 0 Å². The molecule has 0 saturated heterocycles. The van der Waals surface area contributed by atoms with Gasteiger partial charge in [0.1, 0.15) is 17.0 Å². The van der Waals surface area contributed by atoms with E-state index in [2.05, 4.69) is 9.97 Å². The number of hydrogen-bond acceptors (Lipinski definition) is 5. The van der Waals surface area contributed by atoms with E-state index in [1.807, 2.05) is 12.1 Å². The molecule has 0 radical (unpaired) electrons. The van der Waals surface area contributed by atoms with E-state index >= 15 is 0 Å². The maximum atomic E-state index is 10.8. The highest BCUT2D eigenvalue weighted by molar-refractivity contribution is 5.39. The number of aromatic nitrogens is 2. The number of nitrogens with zero attached hydrogens (tertiary/aromatic N) is 2. The zero-order valence-corrected chi connectivity index (χ0v) is 11.1. The first-order valence-electron chi connectivity index (χ1n) is 5.82. The number of ether oxygens (including phenoxy) is 2. The molecule has 1 heterocycles. The van der Waals surface area contributed by atoms with Crippen molar-refractivity contribution in [3.8, 4) is 11.6 Å². The van der Waals surface area contributed by atoms with Crippen molar-refractivity contribution in [3.63, 3.8) is 0 Å². The van der Waals surface area contributed by atoms with E-state index in [0.29, 0.717) is 22.9 Å². The highest BCUT2D eigenvalue weighted by Gasteiger charge is 2.31. The van der Waals surface area contributed by atoms with Crippen LogP contribution in [0.4, 0.5) is 0 Å². The summed E-state index contributed by atoms with van der Waals surface area (Å²) in [5.41, 5.74) is -0.287. The number of aliphatic hydroxyl groups is 1. The lowest BCUT2D eigenvalue weighted by Crippen LogP contribution is -2.25. The van der Waals surface area contributed by atoms with Gasteiger partial charge in [0.05, 0.1) is 14.2 Å². The molecule has 0 saturated carbocycles. The quantitative estimate of drug-likeness (QED) is 0.907. The molecule has 1 unspecified atom stereocenters. The van der Waals surface area contributed by atoms with Crippen molar-refractivity contribution in [1.82, 2.24) is 9.97 Å². The molecule has 1 aromatic heterocycles. The Hall–Kier alpha value is -2.14. The molecule has 0 aliphatic heterocycles. The fourth-order valence-electron chi connectivity index (χ4n) is 1.87. The monoisotopic (exact) mass is 260 g/mol. The van der Waals surface area contributed by atoms with Gasteiger partial charge in [-0.05, 0) is 24.6 Å². The lowest BCUT2D eigenvalue weighted by atomic mass is 9.92. The van der Waals surface area contributed by atoms with Gasteiger partial charge in [0, 0.05) is 12.4 Å². The molecule has 1 atom stereocenters. The molecule has 2 rings (SSSR count). The summed E-state index contributed by atoms with van der Waals surface area (Å²) >= 11 is 0. The van der Waals surface area contributed by atoms with Gasteiger partial charge in [0.2, 0.25) is 5.88 Å². The molecule has 0 fully saturated rings. The van der Waals surface area contributed by atoms with Crippen molar-refractivity contribution in [2.75, 3.05) is 14.2 Å². The van der Waals surface area contributed by atoms with Crippen LogP contribution in [0.25, 0.3) is 0 Å². The second kappa shape index (κ2) is 5.24. The van der Waals surface area contributed by atoms with Gasteiger partial charge in [-0.2, -0.15) is 0 Å². The third-order valence-electron chi connectivity index (χ3n) is 2.95. The van der Waals surface area contributed by atoms with Crippen molar-refractivity contribution >= 4 is 0 Å². The normalized spacial score (nSPS) is 13.7. The first-order valence-corrected chi connectivity index (χ1v) is 5.82. The molecular weight excluding hydrogens is 244 g/mol. The third-order valence-corrected chi connectivity index (χ3v) is 2.95. The standard InChI is InChI=1S/C14H16N2O3/c1-14(17,10-5-4-6-11(9-10)18-2)12-13(19-3)16-8-7-15-12/h4-9,17H,1-3H3. The zero-order chi connectivity index (χ0) is 13.9. The van der Waals surface area contributed by atoms with Crippen LogP contribution in [0.3, 0.4) is 0 Å². The largest absolute Gasteiger partial charge is 0.497 e. The maximum Gasteiger partial charge on any atom is 0.238 e. The van der Waals surface area contributed by atoms with Gasteiger partial charge >= 0.3 is 0 Å². The minimum atomic E-state index is -1.31. The van der Waals surface area contributed by atoms with Gasteiger partial charge in [-0.15, -0.1) is 0 Å². The molecular formula is C14H16N2O3. The van der Waals surface area contributed by atoms with Crippen molar-refractivity contribution in [1.29, 1.82) is 0 Å². The third kappa shape index (κ3) is 2.51. The summed E-state index contributed by atoms with van der Waals surface area (Å²) in [4.78, 5) is 8.23. The van der Waals surface area contributed by atoms with Gasteiger partial charge in [0.25, 0.3) is 0 Å². The summed E-state index contributed by atoms with van der Waals surface area (Å²) in [7, 11) is 3.08. The van der Waals surface area contributed by atoms with Crippen LogP contribution in [-0.4, -0.2) is 29.3 Å². The first-order chi connectivity index (χ1) is 9.09. The summed E-state index contributed by atoms with van der Waals surface area (Å²) < 4.78 is 10.3. The Morgan fingerprint density at radius 3 is 2.53 bits per heavy atom. The van der Waals surface area contributed by atoms with Crippen LogP contribution in [0.2, 0.25) is 0 Å². The highest BCUT2D eigenvalue weighted by atomic mass is 16.5. The Kier molecular flexibility index (Phi) is 3.66. The summed E-state index contributed by atoms with van der Waals surface area (Å²) in [6.07, 6.45) is 3.04. The van der Waals surface area contributed by atoms with Gasteiger partial charge in [-0.1, -0.05) is 12.1 Å². The molecule has 0 bridgehead atoms. The minimum Gasteiger partial charge on any atom is -0.497 e. The Morgan fingerprint density at radius 1 is 1.11 bits per heavy atom. The van der Waals surface area contributed by atoms with E-state index in [4.69, 9.17) is 9.47 Å². The topological polar surface area (TPSA) is 64.5 Å². The number of benzene rings is 1. The number of methoxy groups -OCH3 is 2. The molecule has 0 amide bonds. The van der Waals surface area contributed by atoms with Gasteiger partial charge in [-0.3, -0.25) is 4.98 Å². The van der Waals surface area contributed by atoms with Crippen LogP contribution in [-0.2, 0) is 5.60 Å². The fraction of sp³-hybridized carbons (Fsp3) is 0.286. The first kappa shape index (κ1) is 13.3. The Labute approximate surface area is 111 Å². The number of rotatable bonds is 4. The maximum absolute atomic E-state index is 10.8. The molecule has 5 nitrogen and oxygen atoms in total. The van der Waals surface area contributed by atoms with Gasteiger partial charge < -0.3 is 14.6 Å². The van der Waals surface area contributed by atoms with Crippen molar-refractivity contribution < 1.29 is 14.6 Å². The van der Waals surface area contributed by atoms with Crippen molar-refractivity contribution in [2.24, 2.45) is 0 Å². The molecule has 5 heteroatoms. The van der Waals surface area contributed by atoms with E-state index in [9.17, 15) is 5.11 Å². The van der Waals surface area contributed by atoms with E-state index < -0.39 is 5.60 Å². The minimum absolute atomic E-state index is 0.301. The molecule has 1 aromatic carbocycles. The van der Waals surface area contributed by atoms with Crippen LogP contribution in [0.5, 0.6) is 11.6 Å². The lowest BCUT2D eigenvalue weighted by Gasteiger charge is -2.24. The molecule has 0 spiro atoms. The predicted molar refractivity (Wildman–Crippen MR) is 70.3 cm³/mol. The summed E-state index contributed by atoms with van der Waals surface area (Å²) in [5.74, 6) is 0.968. The summed E-state index contributed by atoms with van der Waals surface area (Å²) in [6.45, 7) is 1.65. The smallest absolute Gasteiger partial charge is 0.238 e. The van der Waals surface area contributed by atoms with E-state index in [1.54, 1.807) is 26.2 Å². The molecule has 0 aliphatic carbocycles. The lowest BCUT2D eigenvalue weighted by molar-refractivity contribution is 0.0927. The Bertz CT molecular complexity index is 570. The van der Waals surface area contributed by atoms with Crippen LogP contribution in [0.15, 0.2) is 36.7 Å². The van der Waals surface area contributed by atoms with Crippen molar-refractivity contribution in [3.05, 3.63) is 47.9 Å². The average Bonchev–Trinajstić information content (AvgIpc) is 2.47. The van der Waals surface area contributed by atoms with Gasteiger partial charge in [-0.25, -0.2) is 4.98 Å². The van der Waals surface area contributed by atoms with E-state index in [0.717, 1.165) is 0 Å². The second-order valence-electron chi connectivity index (χ2n) is 4.22.